The Hall–Kier alpha value is -1.03. The van der Waals surface area contributed by atoms with Crippen LogP contribution < -0.4 is 11.1 Å². The largest absolute Gasteiger partial charge is 0.368 e. The van der Waals surface area contributed by atoms with Crippen LogP contribution in [0.4, 0.5) is 11.8 Å². The molecule has 1 aromatic rings. The second-order valence-electron chi connectivity index (χ2n) is 2.88. The number of anilines is 2. The number of rotatable bonds is 3. The van der Waals surface area contributed by atoms with Crippen LogP contribution in [0.1, 0.15) is 20.3 Å². The summed E-state index contributed by atoms with van der Waals surface area (Å²) in [5, 5.41) is 3.63. The van der Waals surface area contributed by atoms with Gasteiger partial charge in [0.15, 0.2) is 5.82 Å². The van der Waals surface area contributed by atoms with Crippen molar-refractivity contribution in [2.45, 2.75) is 26.3 Å². The molecule has 0 unspecified atom stereocenters. The van der Waals surface area contributed by atoms with E-state index in [1.165, 1.54) is 6.20 Å². The first-order chi connectivity index (χ1) is 6.13. The number of hydrogen-bond donors (Lipinski definition) is 2. The zero-order valence-corrected chi connectivity index (χ0v) is 8.47. The number of halogens is 1. The van der Waals surface area contributed by atoms with E-state index in [-0.39, 0.29) is 5.95 Å². The molecule has 4 nitrogen and oxygen atoms in total. The molecule has 0 aromatic carbocycles. The average molecular weight is 201 g/mol. The van der Waals surface area contributed by atoms with E-state index in [0.717, 1.165) is 6.42 Å². The van der Waals surface area contributed by atoms with Gasteiger partial charge in [-0.3, -0.25) is 0 Å². The van der Waals surface area contributed by atoms with Crippen LogP contribution in [0, 0.1) is 0 Å². The minimum atomic E-state index is 0.232. The lowest BCUT2D eigenvalue weighted by molar-refractivity contribution is 0.759. The molecule has 72 valence electrons. The maximum absolute atomic E-state index is 5.85. The van der Waals surface area contributed by atoms with Crippen molar-refractivity contribution in [1.29, 1.82) is 0 Å². The summed E-state index contributed by atoms with van der Waals surface area (Å²) in [6.07, 6.45) is 2.49. The Morgan fingerprint density at radius 1 is 1.69 bits per heavy atom. The highest BCUT2D eigenvalue weighted by molar-refractivity contribution is 6.32. The Kier molecular flexibility index (Phi) is 3.31. The molecule has 5 heteroatoms. The summed E-state index contributed by atoms with van der Waals surface area (Å²) < 4.78 is 0. The molecule has 0 amide bonds. The molecule has 1 rings (SSSR count). The summed E-state index contributed by atoms with van der Waals surface area (Å²) in [6.45, 7) is 4.13. The summed E-state index contributed by atoms with van der Waals surface area (Å²) in [4.78, 5) is 7.75. The highest BCUT2D eigenvalue weighted by Crippen LogP contribution is 2.19. The molecule has 1 aromatic heterocycles. The fourth-order valence-electron chi connectivity index (χ4n) is 0.817. The molecule has 0 saturated heterocycles. The van der Waals surface area contributed by atoms with Gasteiger partial charge in [0.2, 0.25) is 5.95 Å². The summed E-state index contributed by atoms with van der Waals surface area (Å²) in [5.41, 5.74) is 5.42. The van der Waals surface area contributed by atoms with E-state index in [4.69, 9.17) is 17.3 Å². The van der Waals surface area contributed by atoms with Gasteiger partial charge in [0.25, 0.3) is 0 Å². The molecule has 13 heavy (non-hydrogen) atoms. The molecule has 0 spiro atoms. The molecule has 0 aliphatic carbocycles. The van der Waals surface area contributed by atoms with Crippen molar-refractivity contribution in [3.8, 4) is 0 Å². The highest BCUT2D eigenvalue weighted by atomic mass is 35.5. The van der Waals surface area contributed by atoms with E-state index in [2.05, 4.69) is 29.1 Å². The standard InChI is InChI=1S/C8H13ClN4/c1-3-5(2)12-7-6(9)4-11-8(10)13-7/h4-5H,3H2,1-2H3,(H3,10,11,12,13)/t5-/m1/s1. The van der Waals surface area contributed by atoms with Crippen molar-refractivity contribution in [2.24, 2.45) is 0 Å². The van der Waals surface area contributed by atoms with Crippen LogP contribution in [0.5, 0.6) is 0 Å². The molecule has 1 atom stereocenters. The topological polar surface area (TPSA) is 63.8 Å². The third kappa shape index (κ3) is 2.73. The van der Waals surface area contributed by atoms with Crippen molar-refractivity contribution in [2.75, 3.05) is 11.1 Å². The number of nitrogens with two attached hydrogens (primary N) is 1. The van der Waals surface area contributed by atoms with Crippen LogP contribution >= 0.6 is 11.6 Å². The molecule has 0 bridgehead atoms. The van der Waals surface area contributed by atoms with Crippen LogP contribution in [-0.4, -0.2) is 16.0 Å². The van der Waals surface area contributed by atoms with Crippen molar-refractivity contribution in [3.05, 3.63) is 11.2 Å². The SMILES string of the molecule is CC[C@@H](C)Nc1nc(N)ncc1Cl. The molecule has 0 aliphatic heterocycles. The van der Waals surface area contributed by atoms with Gasteiger partial charge < -0.3 is 11.1 Å². The Labute approximate surface area is 82.5 Å². The predicted octanol–water partition coefficient (Wildman–Crippen LogP) is 1.92. The number of nitrogens with zero attached hydrogens (tertiary/aromatic N) is 2. The summed E-state index contributed by atoms with van der Waals surface area (Å²) >= 11 is 5.85. The first-order valence-electron chi connectivity index (χ1n) is 4.18. The second-order valence-corrected chi connectivity index (χ2v) is 3.29. The van der Waals surface area contributed by atoms with Gasteiger partial charge in [-0.05, 0) is 13.3 Å². The van der Waals surface area contributed by atoms with Gasteiger partial charge in [-0.1, -0.05) is 18.5 Å². The maximum atomic E-state index is 5.85. The number of hydrogen-bond acceptors (Lipinski definition) is 4. The van der Waals surface area contributed by atoms with Crippen LogP contribution in [0.2, 0.25) is 5.02 Å². The van der Waals surface area contributed by atoms with Gasteiger partial charge in [-0.15, -0.1) is 0 Å². The predicted molar refractivity (Wildman–Crippen MR) is 54.8 cm³/mol. The second kappa shape index (κ2) is 4.28. The molecule has 0 radical (unpaired) electrons. The lowest BCUT2D eigenvalue weighted by atomic mass is 10.2. The Bertz CT molecular complexity index is 289. The van der Waals surface area contributed by atoms with Crippen LogP contribution in [0.3, 0.4) is 0 Å². The molecule has 1 heterocycles. The van der Waals surface area contributed by atoms with Gasteiger partial charge in [-0.25, -0.2) is 4.98 Å². The fraction of sp³-hybridized carbons (Fsp3) is 0.500. The maximum Gasteiger partial charge on any atom is 0.222 e. The first kappa shape index (κ1) is 10.1. The van der Waals surface area contributed by atoms with Crippen LogP contribution in [0.15, 0.2) is 6.20 Å². The monoisotopic (exact) mass is 200 g/mol. The normalized spacial score (nSPS) is 12.5. The zero-order chi connectivity index (χ0) is 9.84. The van der Waals surface area contributed by atoms with Gasteiger partial charge >= 0.3 is 0 Å². The number of nitrogen functional groups attached to an aromatic ring is 1. The van der Waals surface area contributed by atoms with E-state index in [9.17, 15) is 0 Å². The van der Waals surface area contributed by atoms with Crippen molar-refractivity contribution >= 4 is 23.4 Å². The summed E-state index contributed by atoms with van der Waals surface area (Å²) in [7, 11) is 0. The Balaban J connectivity index is 2.81. The van der Waals surface area contributed by atoms with E-state index < -0.39 is 0 Å². The lowest BCUT2D eigenvalue weighted by Crippen LogP contribution is -2.15. The van der Waals surface area contributed by atoms with E-state index >= 15 is 0 Å². The molecule has 0 fully saturated rings. The van der Waals surface area contributed by atoms with Crippen molar-refractivity contribution in [1.82, 2.24) is 9.97 Å². The van der Waals surface area contributed by atoms with Crippen molar-refractivity contribution in [3.63, 3.8) is 0 Å². The van der Waals surface area contributed by atoms with Crippen LogP contribution in [-0.2, 0) is 0 Å². The number of nitrogens with one attached hydrogen (secondary N) is 1. The first-order valence-corrected chi connectivity index (χ1v) is 4.55. The Morgan fingerprint density at radius 2 is 2.38 bits per heavy atom. The van der Waals surface area contributed by atoms with E-state index in [1.807, 2.05) is 0 Å². The van der Waals surface area contributed by atoms with Crippen molar-refractivity contribution < 1.29 is 0 Å². The van der Waals surface area contributed by atoms with Gasteiger partial charge in [0.1, 0.15) is 5.02 Å². The summed E-state index contributed by atoms with van der Waals surface area (Å²) in [6, 6.07) is 0.326. The quantitative estimate of drug-likeness (QED) is 0.783. The zero-order valence-electron chi connectivity index (χ0n) is 7.71. The van der Waals surface area contributed by atoms with Crippen LogP contribution in [0.25, 0.3) is 0 Å². The molecule has 0 aliphatic rings. The molecular formula is C8H13ClN4. The Morgan fingerprint density at radius 3 is 3.00 bits per heavy atom. The minimum absolute atomic E-state index is 0.232. The minimum Gasteiger partial charge on any atom is -0.368 e. The lowest BCUT2D eigenvalue weighted by Gasteiger charge is -2.12. The smallest absolute Gasteiger partial charge is 0.222 e. The fourth-order valence-corrected chi connectivity index (χ4v) is 0.963. The van der Waals surface area contributed by atoms with E-state index in [1.54, 1.807) is 0 Å². The average Bonchev–Trinajstić information content (AvgIpc) is 2.11. The number of aromatic nitrogens is 2. The highest BCUT2D eigenvalue weighted by Gasteiger charge is 2.05. The third-order valence-electron chi connectivity index (χ3n) is 1.76. The van der Waals surface area contributed by atoms with Gasteiger partial charge in [0, 0.05) is 6.04 Å². The summed E-state index contributed by atoms with van der Waals surface area (Å²) in [5.74, 6) is 0.832. The molecule has 3 N–H and O–H groups in total. The van der Waals surface area contributed by atoms with Gasteiger partial charge in [-0.2, -0.15) is 4.98 Å². The van der Waals surface area contributed by atoms with Gasteiger partial charge in [0.05, 0.1) is 6.20 Å². The molecule has 0 saturated carbocycles. The molecular weight excluding hydrogens is 188 g/mol. The van der Waals surface area contributed by atoms with E-state index in [0.29, 0.717) is 16.9 Å². The third-order valence-corrected chi connectivity index (χ3v) is 2.03.